The summed E-state index contributed by atoms with van der Waals surface area (Å²) in [5, 5.41) is 3.30. The lowest BCUT2D eigenvalue weighted by Gasteiger charge is -2.24. The van der Waals surface area contributed by atoms with E-state index in [0.29, 0.717) is 6.54 Å². The zero-order valence-corrected chi connectivity index (χ0v) is 11.8. The fourth-order valence-corrected chi connectivity index (χ4v) is 2.73. The van der Waals surface area contributed by atoms with E-state index in [1.807, 2.05) is 16.7 Å². The molecule has 0 aliphatic carbocycles. The fraction of sp³-hybridized carbons (Fsp3) is 0.500. The van der Waals surface area contributed by atoms with Crippen molar-refractivity contribution in [2.45, 2.75) is 19.5 Å². The van der Waals surface area contributed by atoms with Crippen LogP contribution in [0.15, 0.2) is 24.3 Å². The standard InChI is InChI=1S/C14H20N2OS/c1-11-5-3-6-12(9-11)14-15-10-13(17)16(14)7-4-8-18-2/h3,5-6,9,14-15H,4,7-8,10H2,1-2H3. The Labute approximate surface area is 113 Å². The Kier molecular flexibility index (Phi) is 4.66. The number of aryl methyl sites for hydroxylation is 1. The van der Waals surface area contributed by atoms with Gasteiger partial charge in [-0.25, -0.2) is 0 Å². The second kappa shape index (κ2) is 6.25. The molecule has 1 aliphatic heterocycles. The van der Waals surface area contributed by atoms with Crippen LogP contribution in [0.3, 0.4) is 0 Å². The van der Waals surface area contributed by atoms with E-state index in [0.717, 1.165) is 18.7 Å². The Balaban J connectivity index is 2.08. The molecule has 1 heterocycles. The average molecular weight is 264 g/mol. The molecule has 1 aromatic rings. The molecular weight excluding hydrogens is 244 g/mol. The molecule has 1 N–H and O–H groups in total. The summed E-state index contributed by atoms with van der Waals surface area (Å²) in [6.45, 7) is 3.38. The van der Waals surface area contributed by atoms with E-state index in [1.54, 1.807) is 0 Å². The maximum Gasteiger partial charge on any atom is 0.238 e. The summed E-state index contributed by atoms with van der Waals surface area (Å²) >= 11 is 1.83. The molecule has 1 unspecified atom stereocenters. The van der Waals surface area contributed by atoms with Gasteiger partial charge in [-0.2, -0.15) is 11.8 Å². The van der Waals surface area contributed by atoms with Crippen LogP contribution >= 0.6 is 11.8 Å². The quantitative estimate of drug-likeness (QED) is 0.827. The molecule has 0 radical (unpaired) electrons. The van der Waals surface area contributed by atoms with E-state index in [1.165, 1.54) is 11.1 Å². The van der Waals surface area contributed by atoms with E-state index < -0.39 is 0 Å². The first kappa shape index (κ1) is 13.4. The number of hydrogen-bond acceptors (Lipinski definition) is 3. The van der Waals surface area contributed by atoms with E-state index in [2.05, 4.69) is 42.8 Å². The Morgan fingerprint density at radius 2 is 2.33 bits per heavy atom. The van der Waals surface area contributed by atoms with Gasteiger partial charge in [0.1, 0.15) is 6.17 Å². The van der Waals surface area contributed by atoms with Crippen LogP contribution in [0.2, 0.25) is 0 Å². The molecule has 4 heteroatoms. The zero-order valence-electron chi connectivity index (χ0n) is 11.0. The predicted molar refractivity (Wildman–Crippen MR) is 76.6 cm³/mol. The van der Waals surface area contributed by atoms with Gasteiger partial charge >= 0.3 is 0 Å². The van der Waals surface area contributed by atoms with Crippen molar-refractivity contribution in [2.75, 3.05) is 25.1 Å². The summed E-state index contributed by atoms with van der Waals surface area (Å²) < 4.78 is 0. The van der Waals surface area contributed by atoms with Crippen molar-refractivity contribution < 1.29 is 4.79 Å². The van der Waals surface area contributed by atoms with E-state index in [-0.39, 0.29) is 12.1 Å². The Morgan fingerprint density at radius 1 is 1.50 bits per heavy atom. The summed E-state index contributed by atoms with van der Waals surface area (Å²) in [6.07, 6.45) is 3.21. The molecule has 0 bridgehead atoms. The van der Waals surface area contributed by atoms with Gasteiger partial charge < -0.3 is 4.90 Å². The second-order valence-corrected chi connectivity index (χ2v) is 5.62. The van der Waals surface area contributed by atoms with Gasteiger partial charge in [0.2, 0.25) is 5.91 Å². The summed E-state index contributed by atoms with van der Waals surface area (Å²) in [5.74, 6) is 1.31. The maximum absolute atomic E-state index is 11.9. The smallest absolute Gasteiger partial charge is 0.238 e. The van der Waals surface area contributed by atoms with Gasteiger partial charge in [0.25, 0.3) is 0 Å². The van der Waals surface area contributed by atoms with Gasteiger partial charge in [-0.3, -0.25) is 10.1 Å². The normalized spacial score (nSPS) is 19.6. The average Bonchev–Trinajstić information content (AvgIpc) is 2.72. The third-order valence-corrected chi connectivity index (χ3v) is 3.88. The molecule has 0 saturated carbocycles. The lowest BCUT2D eigenvalue weighted by atomic mass is 10.1. The molecule has 1 saturated heterocycles. The van der Waals surface area contributed by atoms with E-state index in [9.17, 15) is 4.79 Å². The fourth-order valence-electron chi connectivity index (χ4n) is 2.31. The third kappa shape index (κ3) is 3.06. The number of amides is 1. The van der Waals surface area contributed by atoms with Crippen molar-refractivity contribution in [2.24, 2.45) is 0 Å². The van der Waals surface area contributed by atoms with Crippen LogP contribution in [0.1, 0.15) is 23.7 Å². The van der Waals surface area contributed by atoms with Crippen LogP contribution in [-0.4, -0.2) is 35.9 Å². The summed E-state index contributed by atoms with van der Waals surface area (Å²) in [6, 6.07) is 8.37. The maximum atomic E-state index is 11.9. The minimum absolute atomic E-state index is 0.0549. The van der Waals surface area contributed by atoms with Crippen molar-refractivity contribution in [1.29, 1.82) is 0 Å². The number of carbonyl (C=O) groups excluding carboxylic acids is 1. The number of rotatable bonds is 5. The summed E-state index contributed by atoms with van der Waals surface area (Å²) in [5.41, 5.74) is 2.42. The SMILES string of the molecule is CSCCCN1C(=O)CNC1c1cccc(C)c1. The van der Waals surface area contributed by atoms with Crippen molar-refractivity contribution in [3.63, 3.8) is 0 Å². The molecule has 0 aromatic heterocycles. The molecule has 1 aliphatic rings. The molecule has 1 amide bonds. The number of nitrogens with zero attached hydrogens (tertiary/aromatic N) is 1. The highest BCUT2D eigenvalue weighted by Gasteiger charge is 2.30. The van der Waals surface area contributed by atoms with Crippen molar-refractivity contribution in [3.8, 4) is 0 Å². The van der Waals surface area contributed by atoms with Crippen molar-refractivity contribution in [3.05, 3.63) is 35.4 Å². The molecule has 3 nitrogen and oxygen atoms in total. The van der Waals surface area contributed by atoms with Crippen LogP contribution in [0.5, 0.6) is 0 Å². The summed E-state index contributed by atoms with van der Waals surface area (Å²) in [7, 11) is 0. The monoisotopic (exact) mass is 264 g/mol. The highest BCUT2D eigenvalue weighted by molar-refractivity contribution is 7.98. The Bertz CT molecular complexity index is 422. The van der Waals surface area contributed by atoms with Crippen molar-refractivity contribution >= 4 is 17.7 Å². The van der Waals surface area contributed by atoms with Crippen LogP contribution in [-0.2, 0) is 4.79 Å². The molecule has 98 valence electrons. The molecule has 1 fully saturated rings. The molecule has 2 rings (SSSR count). The number of nitrogens with one attached hydrogen (secondary N) is 1. The highest BCUT2D eigenvalue weighted by atomic mass is 32.2. The number of thioether (sulfide) groups is 1. The summed E-state index contributed by atoms with van der Waals surface area (Å²) in [4.78, 5) is 13.9. The minimum Gasteiger partial charge on any atom is -0.322 e. The van der Waals surface area contributed by atoms with Crippen LogP contribution in [0.4, 0.5) is 0 Å². The van der Waals surface area contributed by atoms with Gasteiger partial charge in [-0.05, 0) is 30.9 Å². The lowest BCUT2D eigenvalue weighted by molar-refractivity contribution is -0.128. The van der Waals surface area contributed by atoms with Gasteiger partial charge in [0.05, 0.1) is 6.54 Å². The Hall–Kier alpha value is -1.00. The molecule has 1 atom stereocenters. The molecule has 1 aromatic carbocycles. The van der Waals surface area contributed by atoms with Crippen LogP contribution in [0, 0.1) is 6.92 Å². The second-order valence-electron chi connectivity index (χ2n) is 4.63. The van der Waals surface area contributed by atoms with Crippen molar-refractivity contribution in [1.82, 2.24) is 10.2 Å². The third-order valence-electron chi connectivity index (χ3n) is 3.18. The Morgan fingerprint density at radius 3 is 3.06 bits per heavy atom. The van der Waals surface area contributed by atoms with Gasteiger partial charge in [0.15, 0.2) is 0 Å². The number of carbonyl (C=O) groups is 1. The molecule has 0 spiro atoms. The first-order valence-corrected chi connectivity index (χ1v) is 7.70. The first-order valence-electron chi connectivity index (χ1n) is 6.30. The topological polar surface area (TPSA) is 32.3 Å². The van der Waals surface area contributed by atoms with Crippen LogP contribution < -0.4 is 5.32 Å². The van der Waals surface area contributed by atoms with Gasteiger partial charge in [-0.1, -0.05) is 29.8 Å². The first-order chi connectivity index (χ1) is 8.72. The predicted octanol–water partition coefficient (Wildman–Crippen LogP) is 2.18. The largest absolute Gasteiger partial charge is 0.322 e. The van der Waals surface area contributed by atoms with E-state index in [4.69, 9.17) is 0 Å². The zero-order chi connectivity index (χ0) is 13.0. The lowest BCUT2D eigenvalue weighted by Crippen LogP contribution is -2.31. The van der Waals surface area contributed by atoms with Crippen LogP contribution in [0.25, 0.3) is 0 Å². The van der Waals surface area contributed by atoms with E-state index >= 15 is 0 Å². The van der Waals surface area contributed by atoms with Gasteiger partial charge in [-0.15, -0.1) is 0 Å². The molecular formula is C14H20N2OS. The molecule has 18 heavy (non-hydrogen) atoms. The number of hydrogen-bond donors (Lipinski definition) is 1. The highest BCUT2D eigenvalue weighted by Crippen LogP contribution is 2.23. The van der Waals surface area contributed by atoms with Gasteiger partial charge in [0, 0.05) is 6.54 Å². The number of benzene rings is 1. The minimum atomic E-state index is 0.0549.